The highest BCUT2D eigenvalue weighted by molar-refractivity contribution is 7.89. The fourth-order valence-corrected chi connectivity index (χ4v) is 4.88. The first-order valence-electron chi connectivity index (χ1n) is 9.78. The lowest BCUT2D eigenvalue weighted by Gasteiger charge is -2.30. The van der Waals surface area contributed by atoms with Gasteiger partial charge in [-0.1, -0.05) is 23.7 Å². The molecule has 0 atom stereocenters. The number of nitrogens with one attached hydrogen (secondary N) is 1. The van der Waals surface area contributed by atoms with Crippen molar-refractivity contribution in [3.05, 3.63) is 59.4 Å². The Morgan fingerprint density at radius 2 is 1.80 bits per heavy atom. The summed E-state index contributed by atoms with van der Waals surface area (Å²) in [5, 5.41) is 3.33. The minimum Gasteiger partial charge on any atom is -0.490 e. The molecule has 1 aliphatic rings. The Morgan fingerprint density at radius 3 is 2.47 bits per heavy atom. The SMILES string of the molecule is O=C(NCCCOc1ccccc1F)C1CCN(S(=O)(=O)c2ccc(Cl)cc2)CC1. The minimum atomic E-state index is -3.59. The highest BCUT2D eigenvalue weighted by Crippen LogP contribution is 2.25. The van der Waals surface area contributed by atoms with E-state index in [9.17, 15) is 17.6 Å². The topological polar surface area (TPSA) is 75.7 Å². The van der Waals surface area contributed by atoms with Gasteiger partial charge in [-0.15, -0.1) is 0 Å². The molecule has 1 amide bonds. The minimum absolute atomic E-state index is 0.0931. The van der Waals surface area contributed by atoms with Crippen molar-refractivity contribution < 1.29 is 22.3 Å². The number of halogens is 2. The smallest absolute Gasteiger partial charge is 0.243 e. The van der Waals surface area contributed by atoms with Crippen molar-refractivity contribution >= 4 is 27.5 Å². The maximum absolute atomic E-state index is 13.5. The van der Waals surface area contributed by atoms with Crippen molar-refractivity contribution in [1.82, 2.24) is 9.62 Å². The average Bonchev–Trinajstić information content (AvgIpc) is 2.75. The van der Waals surface area contributed by atoms with Gasteiger partial charge in [0.25, 0.3) is 0 Å². The maximum atomic E-state index is 13.5. The molecule has 162 valence electrons. The number of sulfonamides is 1. The summed E-state index contributed by atoms with van der Waals surface area (Å²) in [4.78, 5) is 12.6. The number of piperidine rings is 1. The van der Waals surface area contributed by atoms with E-state index in [-0.39, 0.29) is 22.5 Å². The molecule has 30 heavy (non-hydrogen) atoms. The number of para-hydroxylation sites is 1. The molecule has 1 heterocycles. The van der Waals surface area contributed by atoms with Gasteiger partial charge >= 0.3 is 0 Å². The van der Waals surface area contributed by atoms with E-state index in [0.29, 0.717) is 50.5 Å². The molecule has 0 unspecified atom stereocenters. The summed E-state index contributed by atoms with van der Waals surface area (Å²) in [7, 11) is -3.59. The second-order valence-electron chi connectivity index (χ2n) is 7.06. The summed E-state index contributed by atoms with van der Waals surface area (Å²) in [6.45, 7) is 1.29. The van der Waals surface area contributed by atoms with Crippen LogP contribution in [-0.2, 0) is 14.8 Å². The van der Waals surface area contributed by atoms with Crippen LogP contribution in [0, 0.1) is 11.7 Å². The van der Waals surface area contributed by atoms with Crippen molar-refractivity contribution in [2.24, 2.45) is 5.92 Å². The third-order valence-electron chi connectivity index (χ3n) is 4.99. The summed E-state index contributed by atoms with van der Waals surface area (Å²) in [6, 6.07) is 12.2. The Kier molecular flexibility index (Phi) is 7.69. The average molecular weight is 455 g/mol. The van der Waals surface area contributed by atoms with Gasteiger partial charge in [-0.3, -0.25) is 4.79 Å². The Balaban J connectivity index is 1.40. The molecule has 0 aromatic heterocycles. The highest BCUT2D eigenvalue weighted by atomic mass is 35.5. The third-order valence-corrected chi connectivity index (χ3v) is 7.16. The standard InChI is InChI=1S/C21H24ClFN2O4S/c22-17-6-8-18(9-7-17)30(27,28)25-13-10-16(11-14-25)21(26)24-12-3-15-29-20-5-2-1-4-19(20)23/h1-2,4-9,16H,3,10-15H2,(H,24,26). The number of benzene rings is 2. The number of nitrogens with zero attached hydrogens (tertiary/aromatic N) is 1. The summed E-state index contributed by atoms with van der Waals surface area (Å²) in [6.07, 6.45) is 1.47. The molecule has 1 saturated heterocycles. The van der Waals surface area contributed by atoms with Gasteiger partial charge in [0, 0.05) is 30.6 Å². The first-order valence-corrected chi connectivity index (χ1v) is 11.6. The number of amides is 1. The molecular weight excluding hydrogens is 431 g/mol. The molecule has 2 aromatic rings. The van der Waals surface area contributed by atoms with Crippen molar-refractivity contribution in [1.29, 1.82) is 0 Å². The summed E-state index contributed by atoms with van der Waals surface area (Å²) < 4.78 is 45.6. The molecule has 1 aliphatic heterocycles. The van der Waals surface area contributed by atoms with Crippen LogP contribution in [0.2, 0.25) is 5.02 Å². The van der Waals surface area contributed by atoms with Gasteiger partial charge in [-0.2, -0.15) is 4.31 Å². The second-order valence-corrected chi connectivity index (χ2v) is 9.43. The lowest BCUT2D eigenvalue weighted by Crippen LogP contribution is -2.43. The van der Waals surface area contributed by atoms with Crippen LogP contribution in [0.1, 0.15) is 19.3 Å². The summed E-state index contributed by atoms with van der Waals surface area (Å²) >= 11 is 5.82. The zero-order chi connectivity index (χ0) is 21.6. The largest absolute Gasteiger partial charge is 0.490 e. The number of carbonyl (C=O) groups is 1. The Bertz CT molecular complexity index is 961. The van der Waals surface area contributed by atoms with E-state index in [4.69, 9.17) is 16.3 Å². The van der Waals surface area contributed by atoms with Crippen molar-refractivity contribution in [2.75, 3.05) is 26.2 Å². The quantitative estimate of drug-likeness (QED) is 0.620. The van der Waals surface area contributed by atoms with Crippen LogP contribution in [0.15, 0.2) is 53.4 Å². The van der Waals surface area contributed by atoms with Crippen molar-refractivity contribution in [3.8, 4) is 5.75 Å². The van der Waals surface area contributed by atoms with E-state index < -0.39 is 15.8 Å². The molecular formula is C21H24ClFN2O4S. The molecule has 2 aromatic carbocycles. The van der Waals surface area contributed by atoms with Gasteiger partial charge in [-0.05, 0) is 55.7 Å². The van der Waals surface area contributed by atoms with Gasteiger partial charge in [0.15, 0.2) is 11.6 Å². The number of rotatable bonds is 8. The maximum Gasteiger partial charge on any atom is 0.243 e. The van der Waals surface area contributed by atoms with Gasteiger partial charge in [0.05, 0.1) is 11.5 Å². The molecule has 0 aliphatic carbocycles. The fourth-order valence-electron chi connectivity index (χ4n) is 3.29. The molecule has 1 N–H and O–H groups in total. The second kappa shape index (κ2) is 10.2. The Hall–Kier alpha value is -2.16. The van der Waals surface area contributed by atoms with E-state index in [1.165, 1.54) is 22.5 Å². The van der Waals surface area contributed by atoms with Crippen LogP contribution in [0.5, 0.6) is 5.75 Å². The van der Waals surface area contributed by atoms with Gasteiger partial charge in [-0.25, -0.2) is 12.8 Å². The third kappa shape index (κ3) is 5.71. The van der Waals surface area contributed by atoms with Gasteiger partial charge in [0.2, 0.25) is 15.9 Å². The van der Waals surface area contributed by atoms with Gasteiger partial charge < -0.3 is 10.1 Å². The normalized spacial score (nSPS) is 15.7. The molecule has 1 fully saturated rings. The lowest BCUT2D eigenvalue weighted by atomic mass is 9.97. The number of carbonyl (C=O) groups excluding carboxylic acids is 1. The molecule has 3 rings (SSSR count). The Labute approximate surface area is 181 Å². The van der Waals surface area contributed by atoms with Crippen LogP contribution in [-0.4, -0.2) is 44.9 Å². The van der Waals surface area contributed by atoms with Crippen LogP contribution < -0.4 is 10.1 Å². The number of hydrogen-bond donors (Lipinski definition) is 1. The van der Waals surface area contributed by atoms with Crippen molar-refractivity contribution in [2.45, 2.75) is 24.2 Å². The van der Waals surface area contributed by atoms with E-state index >= 15 is 0 Å². The predicted molar refractivity (Wildman–Crippen MR) is 112 cm³/mol. The summed E-state index contributed by atoms with van der Waals surface area (Å²) in [5.41, 5.74) is 0. The van der Waals surface area contributed by atoms with Gasteiger partial charge in [0.1, 0.15) is 0 Å². The molecule has 0 saturated carbocycles. The zero-order valence-electron chi connectivity index (χ0n) is 16.4. The predicted octanol–water partition coefficient (Wildman–Crippen LogP) is 3.47. The summed E-state index contributed by atoms with van der Waals surface area (Å²) in [5.74, 6) is -0.543. The van der Waals surface area contributed by atoms with E-state index in [1.54, 1.807) is 30.3 Å². The van der Waals surface area contributed by atoms with Crippen molar-refractivity contribution in [3.63, 3.8) is 0 Å². The molecule has 6 nitrogen and oxygen atoms in total. The van der Waals surface area contributed by atoms with E-state index in [2.05, 4.69) is 5.32 Å². The number of ether oxygens (including phenoxy) is 1. The molecule has 0 spiro atoms. The molecule has 0 bridgehead atoms. The lowest BCUT2D eigenvalue weighted by molar-refractivity contribution is -0.126. The van der Waals surface area contributed by atoms with E-state index in [0.717, 1.165) is 0 Å². The Morgan fingerprint density at radius 1 is 1.13 bits per heavy atom. The van der Waals surface area contributed by atoms with Crippen LogP contribution in [0.4, 0.5) is 4.39 Å². The van der Waals surface area contributed by atoms with Crippen LogP contribution >= 0.6 is 11.6 Å². The monoisotopic (exact) mass is 454 g/mol. The fraction of sp³-hybridized carbons (Fsp3) is 0.381. The highest BCUT2D eigenvalue weighted by Gasteiger charge is 2.31. The molecule has 9 heteroatoms. The van der Waals surface area contributed by atoms with Crippen LogP contribution in [0.25, 0.3) is 0 Å². The van der Waals surface area contributed by atoms with Crippen LogP contribution in [0.3, 0.4) is 0 Å². The first-order chi connectivity index (χ1) is 14.4. The molecule has 0 radical (unpaired) electrons. The number of hydrogen-bond acceptors (Lipinski definition) is 4. The van der Waals surface area contributed by atoms with E-state index in [1.807, 2.05) is 0 Å². The first kappa shape index (κ1) is 22.5. The zero-order valence-corrected chi connectivity index (χ0v) is 18.0.